The zero-order valence-electron chi connectivity index (χ0n) is 16.5. The molecule has 152 valence electrons. The lowest BCUT2D eigenvalue weighted by Gasteiger charge is -2.20. The third-order valence-corrected chi connectivity index (χ3v) is 4.37. The average molecular weight is 403 g/mol. The Balaban J connectivity index is 1.50. The number of rotatable bonds is 8. The number of aromatic nitrogens is 2. The Labute approximate surface area is 173 Å². The minimum Gasteiger partial charge on any atom is -0.459 e. The highest BCUT2D eigenvalue weighted by atomic mass is 16.5. The van der Waals surface area contributed by atoms with Crippen LogP contribution in [0, 0.1) is 0 Å². The predicted octanol–water partition coefficient (Wildman–Crippen LogP) is 5.17. The molecule has 0 spiro atoms. The molecule has 0 aliphatic rings. The monoisotopic (exact) mass is 403 g/mol. The fraction of sp³-hybridized carbons (Fsp3) is 0.174. The van der Waals surface area contributed by atoms with Crippen molar-refractivity contribution in [3.05, 3.63) is 84.4 Å². The van der Waals surface area contributed by atoms with Crippen LogP contribution in [-0.2, 0) is 6.54 Å². The summed E-state index contributed by atoms with van der Waals surface area (Å²) < 4.78 is 16.8. The zero-order valence-corrected chi connectivity index (χ0v) is 16.5. The van der Waals surface area contributed by atoms with Gasteiger partial charge in [0, 0.05) is 12.1 Å². The largest absolute Gasteiger partial charge is 0.459 e. The van der Waals surface area contributed by atoms with Gasteiger partial charge in [-0.2, -0.15) is 0 Å². The summed E-state index contributed by atoms with van der Waals surface area (Å²) in [5.41, 5.74) is 0.530. The molecule has 0 saturated carbocycles. The Bertz CT molecular complexity index is 1090. The molecule has 0 atom stereocenters. The third kappa shape index (κ3) is 4.57. The SMILES string of the molecule is CCCN(Cc1nnc(-c2ccco2)o1)C(=O)c1cccc(Oc2ccccc2)c1. The summed E-state index contributed by atoms with van der Waals surface area (Å²) in [6.45, 7) is 2.78. The maximum absolute atomic E-state index is 13.1. The van der Waals surface area contributed by atoms with E-state index in [4.69, 9.17) is 13.6 Å². The van der Waals surface area contributed by atoms with Gasteiger partial charge in [0.05, 0.1) is 12.8 Å². The van der Waals surface area contributed by atoms with Gasteiger partial charge < -0.3 is 18.5 Å². The van der Waals surface area contributed by atoms with Crippen LogP contribution in [0.25, 0.3) is 11.7 Å². The summed E-state index contributed by atoms with van der Waals surface area (Å²) in [6, 6.07) is 20.1. The summed E-state index contributed by atoms with van der Waals surface area (Å²) in [6.07, 6.45) is 2.34. The van der Waals surface area contributed by atoms with E-state index in [0.29, 0.717) is 35.3 Å². The van der Waals surface area contributed by atoms with Crippen LogP contribution < -0.4 is 4.74 Å². The van der Waals surface area contributed by atoms with Gasteiger partial charge in [0.1, 0.15) is 11.5 Å². The van der Waals surface area contributed by atoms with E-state index in [1.807, 2.05) is 43.3 Å². The minimum absolute atomic E-state index is 0.131. The van der Waals surface area contributed by atoms with Crippen LogP contribution in [0.15, 0.2) is 81.8 Å². The number of carbonyl (C=O) groups is 1. The molecule has 7 nitrogen and oxygen atoms in total. The summed E-state index contributed by atoms with van der Waals surface area (Å²) in [5.74, 6) is 2.31. The van der Waals surface area contributed by atoms with Crippen molar-refractivity contribution in [2.45, 2.75) is 19.9 Å². The molecule has 2 aromatic carbocycles. The van der Waals surface area contributed by atoms with Crippen LogP contribution in [0.1, 0.15) is 29.6 Å². The molecule has 0 fully saturated rings. The molecule has 4 aromatic rings. The molecule has 0 aliphatic heterocycles. The van der Waals surface area contributed by atoms with Gasteiger partial charge in [-0.1, -0.05) is 31.2 Å². The molecule has 0 saturated heterocycles. The van der Waals surface area contributed by atoms with Crippen molar-refractivity contribution < 1.29 is 18.4 Å². The predicted molar refractivity (Wildman–Crippen MR) is 110 cm³/mol. The van der Waals surface area contributed by atoms with Crippen LogP contribution in [0.4, 0.5) is 0 Å². The Hall–Kier alpha value is -3.87. The Morgan fingerprint density at radius 2 is 1.83 bits per heavy atom. The Morgan fingerprint density at radius 3 is 2.60 bits per heavy atom. The molecule has 0 N–H and O–H groups in total. The quantitative estimate of drug-likeness (QED) is 0.403. The van der Waals surface area contributed by atoms with Gasteiger partial charge in [-0.05, 0) is 48.9 Å². The molecule has 2 heterocycles. The highest BCUT2D eigenvalue weighted by Gasteiger charge is 2.20. The van der Waals surface area contributed by atoms with Gasteiger partial charge in [-0.15, -0.1) is 10.2 Å². The number of carbonyl (C=O) groups excluding carboxylic acids is 1. The first-order chi connectivity index (χ1) is 14.7. The van der Waals surface area contributed by atoms with E-state index in [2.05, 4.69) is 10.2 Å². The van der Waals surface area contributed by atoms with E-state index in [-0.39, 0.29) is 18.3 Å². The smallest absolute Gasteiger partial charge is 0.283 e. The number of benzene rings is 2. The first-order valence-corrected chi connectivity index (χ1v) is 9.71. The molecule has 0 aliphatic carbocycles. The van der Waals surface area contributed by atoms with E-state index < -0.39 is 0 Å². The highest BCUT2D eigenvalue weighted by Crippen LogP contribution is 2.23. The van der Waals surface area contributed by atoms with E-state index in [1.54, 1.807) is 35.2 Å². The van der Waals surface area contributed by atoms with Gasteiger partial charge in [-0.3, -0.25) is 4.79 Å². The Kier molecular flexibility index (Phi) is 5.89. The zero-order chi connectivity index (χ0) is 20.8. The number of nitrogens with zero attached hydrogens (tertiary/aromatic N) is 3. The lowest BCUT2D eigenvalue weighted by atomic mass is 10.2. The topological polar surface area (TPSA) is 81.6 Å². The average Bonchev–Trinajstić information content (AvgIpc) is 3.46. The van der Waals surface area contributed by atoms with Gasteiger partial charge in [0.15, 0.2) is 5.76 Å². The molecule has 1 amide bonds. The van der Waals surface area contributed by atoms with E-state index >= 15 is 0 Å². The van der Waals surface area contributed by atoms with Crippen molar-refractivity contribution in [3.63, 3.8) is 0 Å². The fourth-order valence-corrected chi connectivity index (χ4v) is 3.00. The van der Waals surface area contributed by atoms with Crippen molar-refractivity contribution in [2.24, 2.45) is 0 Å². The van der Waals surface area contributed by atoms with Crippen LogP contribution in [0.3, 0.4) is 0 Å². The Morgan fingerprint density at radius 1 is 1.00 bits per heavy atom. The molecule has 0 radical (unpaired) electrons. The van der Waals surface area contributed by atoms with Crippen molar-refractivity contribution >= 4 is 5.91 Å². The van der Waals surface area contributed by atoms with Gasteiger partial charge in [0.2, 0.25) is 5.89 Å². The molecule has 4 rings (SSSR count). The lowest BCUT2D eigenvalue weighted by molar-refractivity contribution is 0.0728. The number of amides is 1. The number of hydrogen-bond donors (Lipinski definition) is 0. The first kappa shape index (κ1) is 19.4. The fourth-order valence-electron chi connectivity index (χ4n) is 3.00. The molecule has 30 heavy (non-hydrogen) atoms. The number of ether oxygens (including phenoxy) is 1. The third-order valence-electron chi connectivity index (χ3n) is 4.37. The van der Waals surface area contributed by atoms with Crippen LogP contribution in [-0.4, -0.2) is 27.5 Å². The van der Waals surface area contributed by atoms with Gasteiger partial charge >= 0.3 is 0 Å². The first-order valence-electron chi connectivity index (χ1n) is 9.71. The molecule has 2 aromatic heterocycles. The molecule has 7 heteroatoms. The standard InChI is InChI=1S/C23H21N3O4/c1-2-13-26(16-21-24-25-22(30-21)20-12-7-14-28-20)23(27)17-8-6-11-19(15-17)29-18-9-4-3-5-10-18/h3-12,14-15H,2,13,16H2,1H3. The summed E-state index contributed by atoms with van der Waals surface area (Å²) in [7, 11) is 0. The maximum Gasteiger partial charge on any atom is 0.283 e. The van der Waals surface area contributed by atoms with Crippen LogP contribution in [0.2, 0.25) is 0 Å². The van der Waals surface area contributed by atoms with Crippen LogP contribution >= 0.6 is 0 Å². The minimum atomic E-state index is -0.131. The van der Waals surface area contributed by atoms with Crippen molar-refractivity contribution in [1.29, 1.82) is 0 Å². The second-order valence-corrected chi connectivity index (χ2v) is 6.65. The second kappa shape index (κ2) is 9.09. The van der Waals surface area contributed by atoms with Gasteiger partial charge in [0.25, 0.3) is 11.8 Å². The van der Waals surface area contributed by atoms with E-state index in [0.717, 1.165) is 6.42 Å². The molecule has 0 unspecified atom stereocenters. The number of hydrogen-bond acceptors (Lipinski definition) is 6. The van der Waals surface area contributed by atoms with Crippen molar-refractivity contribution in [3.8, 4) is 23.1 Å². The number of furan rings is 1. The van der Waals surface area contributed by atoms with Gasteiger partial charge in [-0.25, -0.2) is 0 Å². The van der Waals surface area contributed by atoms with E-state index in [9.17, 15) is 4.79 Å². The highest BCUT2D eigenvalue weighted by molar-refractivity contribution is 5.94. The number of para-hydroxylation sites is 1. The van der Waals surface area contributed by atoms with Crippen molar-refractivity contribution in [2.75, 3.05) is 6.54 Å². The van der Waals surface area contributed by atoms with E-state index in [1.165, 1.54) is 6.26 Å². The molecular formula is C23H21N3O4. The lowest BCUT2D eigenvalue weighted by Crippen LogP contribution is -2.31. The summed E-state index contributed by atoms with van der Waals surface area (Å²) >= 11 is 0. The molecular weight excluding hydrogens is 382 g/mol. The summed E-state index contributed by atoms with van der Waals surface area (Å²) in [4.78, 5) is 14.8. The van der Waals surface area contributed by atoms with Crippen LogP contribution in [0.5, 0.6) is 11.5 Å². The second-order valence-electron chi connectivity index (χ2n) is 6.65. The van der Waals surface area contributed by atoms with Crippen molar-refractivity contribution in [1.82, 2.24) is 15.1 Å². The maximum atomic E-state index is 13.1. The molecule has 0 bridgehead atoms. The normalized spacial score (nSPS) is 10.7. The summed E-state index contributed by atoms with van der Waals surface area (Å²) in [5, 5.41) is 8.04.